The maximum absolute atomic E-state index is 12.7. The molecule has 24 heavy (non-hydrogen) atoms. The molecule has 124 valence electrons. The summed E-state index contributed by atoms with van der Waals surface area (Å²) in [6, 6.07) is 5.63. The van der Waals surface area contributed by atoms with Crippen LogP contribution in [0.5, 0.6) is 0 Å². The first-order chi connectivity index (χ1) is 11.5. The molecule has 2 aliphatic heterocycles. The maximum Gasteiger partial charge on any atom is 0.355 e. The summed E-state index contributed by atoms with van der Waals surface area (Å²) in [5, 5.41) is 6.83. The number of benzene rings is 1. The van der Waals surface area contributed by atoms with E-state index in [1.807, 2.05) is 6.92 Å². The first kappa shape index (κ1) is 15.8. The molecule has 3 rings (SSSR count). The van der Waals surface area contributed by atoms with Gasteiger partial charge in [0.25, 0.3) is 5.91 Å². The Hall–Kier alpha value is -3.10. The van der Waals surface area contributed by atoms with Gasteiger partial charge >= 0.3 is 5.97 Å². The fraction of sp³-hybridized carbons (Fsp3) is 0.333. The number of esters is 1. The first-order valence-corrected chi connectivity index (χ1v) is 7.29. The van der Waals surface area contributed by atoms with Gasteiger partial charge in [-0.2, -0.15) is 0 Å². The molecule has 0 unspecified atom stereocenters. The van der Waals surface area contributed by atoms with Crippen LogP contribution in [0.1, 0.15) is 12.5 Å². The number of hydrogen-bond acceptors (Lipinski definition) is 7. The highest BCUT2D eigenvalue weighted by Crippen LogP contribution is 2.35. The van der Waals surface area contributed by atoms with Crippen molar-refractivity contribution in [3.05, 3.63) is 34.7 Å². The predicted molar refractivity (Wildman–Crippen MR) is 82.7 cm³/mol. The van der Waals surface area contributed by atoms with Gasteiger partial charge in [-0.1, -0.05) is 19.1 Å². The molecule has 0 aliphatic carbocycles. The van der Waals surface area contributed by atoms with E-state index < -0.39 is 29.7 Å². The molecule has 1 aromatic carbocycles. The predicted octanol–water partition coefficient (Wildman–Crippen LogP) is 0.633. The SMILES string of the molecule is CCc1ccc(N2C(=O)[C@H]3C(C(=O)OC)=NN(N=O)[C@H]3C2=O)cc1. The van der Waals surface area contributed by atoms with E-state index in [2.05, 4.69) is 15.1 Å². The fourth-order valence-electron chi connectivity index (χ4n) is 2.87. The molecule has 2 atom stereocenters. The van der Waals surface area contributed by atoms with E-state index in [1.165, 1.54) is 0 Å². The smallest absolute Gasteiger partial charge is 0.355 e. The molecular formula is C15H14N4O5. The number of nitroso groups, excluding NO2 is 1. The summed E-state index contributed by atoms with van der Waals surface area (Å²) in [6.45, 7) is 1.98. The molecule has 1 fully saturated rings. The summed E-state index contributed by atoms with van der Waals surface area (Å²) in [5.41, 5.74) is 1.12. The summed E-state index contributed by atoms with van der Waals surface area (Å²) in [7, 11) is 1.12. The molecular weight excluding hydrogens is 316 g/mol. The quantitative estimate of drug-likeness (QED) is 0.455. The molecule has 0 N–H and O–H groups in total. The fourth-order valence-corrected chi connectivity index (χ4v) is 2.87. The van der Waals surface area contributed by atoms with Crippen LogP contribution < -0.4 is 4.90 Å². The van der Waals surface area contributed by atoms with Crippen LogP contribution in [-0.2, 0) is 25.5 Å². The lowest BCUT2D eigenvalue weighted by Gasteiger charge is -2.17. The number of hydrogen-bond donors (Lipinski definition) is 0. The molecule has 0 spiro atoms. The van der Waals surface area contributed by atoms with Crippen molar-refractivity contribution in [1.82, 2.24) is 5.12 Å². The number of ether oxygens (including phenoxy) is 1. The number of fused-ring (bicyclic) bond motifs is 1. The molecule has 9 heteroatoms. The minimum atomic E-state index is -1.25. The molecule has 0 saturated carbocycles. The molecule has 2 amide bonds. The molecule has 2 heterocycles. The number of anilines is 1. The highest BCUT2D eigenvalue weighted by molar-refractivity contribution is 6.46. The van der Waals surface area contributed by atoms with Gasteiger partial charge in [0.15, 0.2) is 11.8 Å². The van der Waals surface area contributed by atoms with E-state index in [-0.39, 0.29) is 5.71 Å². The minimum absolute atomic E-state index is 0.298. The van der Waals surface area contributed by atoms with Gasteiger partial charge in [0, 0.05) is 0 Å². The van der Waals surface area contributed by atoms with Crippen LogP contribution in [0.15, 0.2) is 34.7 Å². The van der Waals surface area contributed by atoms with Crippen LogP contribution in [-0.4, -0.2) is 41.8 Å². The number of amides is 2. The second kappa shape index (κ2) is 5.84. The summed E-state index contributed by atoms with van der Waals surface area (Å²) >= 11 is 0. The van der Waals surface area contributed by atoms with E-state index in [0.29, 0.717) is 10.8 Å². The zero-order chi connectivity index (χ0) is 17.4. The molecule has 0 radical (unpaired) electrons. The third-order valence-electron chi connectivity index (χ3n) is 4.11. The van der Waals surface area contributed by atoms with Crippen LogP contribution in [0.3, 0.4) is 0 Å². The lowest BCUT2D eigenvalue weighted by atomic mass is 9.98. The average Bonchev–Trinajstić information content (AvgIpc) is 3.11. The second-order valence-corrected chi connectivity index (χ2v) is 5.33. The Morgan fingerprint density at radius 3 is 2.46 bits per heavy atom. The summed E-state index contributed by atoms with van der Waals surface area (Å²) in [6.07, 6.45) is 0.815. The Balaban J connectivity index is 2.00. The van der Waals surface area contributed by atoms with Crippen molar-refractivity contribution >= 4 is 29.2 Å². The van der Waals surface area contributed by atoms with Crippen LogP contribution in [0.25, 0.3) is 0 Å². The Kier molecular flexibility index (Phi) is 3.84. The van der Waals surface area contributed by atoms with Crippen molar-refractivity contribution in [2.45, 2.75) is 19.4 Å². The molecule has 0 bridgehead atoms. The average molecular weight is 330 g/mol. The molecule has 0 aromatic heterocycles. The van der Waals surface area contributed by atoms with Crippen molar-refractivity contribution in [1.29, 1.82) is 0 Å². The van der Waals surface area contributed by atoms with Crippen LogP contribution in [0.4, 0.5) is 5.69 Å². The van der Waals surface area contributed by atoms with Crippen molar-refractivity contribution in [2.75, 3.05) is 12.0 Å². The van der Waals surface area contributed by atoms with E-state index in [9.17, 15) is 19.3 Å². The van der Waals surface area contributed by atoms with Crippen LogP contribution in [0.2, 0.25) is 0 Å². The second-order valence-electron chi connectivity index (χ2n) is 5.33. The van der Waals surface area contributed by atoms with Crippen LogP contribution in [0, 0.1) is 10.8 Å². The van der Waals surface area contributed by atoms with Gasteiger partial charge in [-0.15, -0.1) is 15.1 Å². The normalized spacial score (nSPS) is 22.5. The Morgan fingerprint density at radius 1 is 1.25 bits per heavy atom. The van der Waals surface area contributed by atoms with E-state index in [0.717, 1.165) is 24.0 Å². The summed E-state index contributed by atoms with van der Waals surface area (Å²) in [5.74, 6) is -3.37. The number of carbonyl (C=O) groups excluding carboxylic acids is 3. The highest BCUT2D eigenvalue weighted by Gasteiger charge is 2.59. The van der Waals surface area contributed by atoms with Crippen molar-refractivity contribution < 1.29 is 19.1 Å². The standard InChI is InChI=1S/C15H14N4O5/c1-3-8-4-6-9(7-5-8)18-13(20)10-11(15(22)24-2)16-19(17-23)12(10)14(18)21/h4-7,10,12H,3H2,1-2H3/t10-,12+/m0/s1. The lowest BCUT2D eigenvalue weighted by Crippen LogP contribution is -2.36. The molecule has 9 nitrogen and oxygen atoms in total. The minimum Gasteiger partial charge on any atom is -0.464 e. The van der Waals surface area contributed by atoms with Gasteiger partial charge in [0.05, 0.1) is 18.1 Å². The number of aryl methyl sites for hydroxylation is 1. The lowest BCUT2D eigenvalue weighted by molar-refractivity contribution is -0.133. The Bertz CT molecular complexity index is 758. The van der Waals surface area contributed by atoms with E-state index in [1.54, 1.807) is 24.3 Å². The van der Waals surface area contributed by atoms with Crippen molar-refractivity contribution in [2.24, 2.45) is 16.3 Å². The summed E-state index contributed by atoms with van der Waals surface area (Å²) in [4.78, 5) is 49.0. The number of carbonyl (C=O) groups is 3. The zero-order valence-electron chi connectivity index (χ0n) is 13.0. The van der Waals surface area contributed by atoms with E-state index in [4.69, 9.17) is 0 Å². The van der Waals surface area contributed by atoms with E-state index >= 15 is 0 Å². The first-order valence-electron chi connectivity index (χ1n) is 7.29. The molecule has 2 aliphatic rings. The van der Waals surface area contributed by atoms with Crippen molar-refractivity contribution in [3.8, 4) is 0 Å². The van der Waals surface area contributed by atoms with Crippen molar-refractivity contribution in [3.63, 3.8) is 0 Å². The third-order valence-corrected chi connectivity index (χ3v) is 4.11. The van der Waals surface area contributed by atoms with Gasteiger partial charge in [0.2, 0.25) is 5.91 Å². The number of imide groups is 1. The number of hydrazone groups is 1. The maximum atomic E-state index is 12.7. The molecule has 1 saturated heterocycles. The summed E-state index contributed by atoms with van der Waals surface area (Å²) < 4.78 is 4.57. The van der Waals surface area contributed by atoms with Gasteiger partial charge < -0.3 is 4.74 Å². The van der Waals surface area contributed by atoms with Gasteiger partial charge in [-0.25, -0.2) is 9.69 Å². The highest BCUT2D eigenvalue weighted by atomic mass is 16.5. The van der Waals surface area contributed by atoms with Gasteiger partial charge in [-0.05, 0) is 24.1 Å². The van der Waals surface area contributed by atoms with Gasteiger partial charge in [0.1, 0.15) is 5.92 Å². The Morgan fingerprint density at radius 2 is 1.92 bits per heavy atom. The van der Waals surface area contributed by atoms with Crippen LogP contribution >= 0.6 is 0 Å². The molecule has 1 aromatic rings. The number of methoxy groups -OCH3 is 1. The number of nitrogens with zero attached hydrogens (tertiary/aromatic N) is 4. The zero-order valence-corrected chi connectivity index (χ0v) is 13.0. The monoisotopic (exact) mass is 330 g/mol. The largest absolute Gasteiger partial charge is 0.464 e. The number of rotatable bonds is 4. The van der Waals surface area contributed by atoms with Gasteiger partial charge in [-0.3, -0.25) is 9.59 Å². The third kappa shape index (κ3) is 2.16. The Labute approximate surface area is 136 Å². The topological polar surface area (TPSA) is 109 Å².